The van der Waals surface area contributed by atoms with E-state index in [2.05, 4.69) is 23.6 Å². The van der Waals surface area contributed by atoms with E-state index < -0.39 is 0 Å². The molecule has 24 heavy (non-hydrogen) atoms. The van der Waals surface area contributed by atoms with Crippen LogP contribution in [0.4, 0.5) is 4.39 Å². The zero-order valence-electron chi connectivity index (χ0n) is 14.6. The van der Waals surface area contributed by atoms with Gasteiger partial charge in [-0.1, -0.05) is 12.1 Å². The van der Waals surface area contributed by atoms with Crippen molar-refractivity contribution in [2.45, 2.75) is 63.6 Å². The molecule has 4 rings (SSSR count). The normalized spacial score (nSPS) is 32.9. The lowest BCUT2D eigenvalue weighted by Crippen LogP contribution is -2.44. The zero-order valence-corrected chi connectivity index (χ0v) is 14.6. The van der Waals surface area contributed by atoms with Crippen molar-refractivity contribution in [2.24, 2.45) is 5.92 Å². The van der Waals surface area contributed by atoms with Crippen molar-refractivity contribution < 1.29 is 9.18 Å². The average molecular weight is 330 g/mol. The molecule has 0 spiro atoms. The molecule has 3 nitrogen and oxygen atoms in total. The van der Waals surface area contributed by atoms with Gasteiger partial charge in [-0.05, 0) is 63.1 Å². The van der Waals surface area contributed by atoms with E-state index >= 15 is 0 Å². The third kappa shape index (κ3) is 2.85. The molecule has 3 aliphatic rings. The van der Waals surface area contributed by atoms with Gasteiger partial charge in [-0.3, -0.25) is 9.69 Å². The lowest BCUT2D eigenvalue weighted by atomic mass is 10.1. The van der Waals surface area contributed by atoms with Crippen LogP contribution in [0.1, 0.15) is 51.0 Å². The Morgan fingerprint density at radius 3 is 2.54 bits per heavy atom. The Morgan fingerprint density at radius 2 is 1.83 bits per heavy atom. The van der Waals surface area contributed by atoms with E-state index in [4.69, 9.17) is 0 Å². The number of rotatable bonds is 3. The molecule has 1 saturated carbocycles. The minimum atomic E-state index is -0.209. The Hall–Kier alpha value is -1.42. The van der Waals surface area contributed by atoms with E-state index in [1.807, 2.05) is 12.1 Å². The Balaban J connectivity index is 1.42. The summed E-state index contributed by atoms with van der Waals surface area (Å²) in [7, 11) is 0. The first-order valence-corrected chi connectivity index (χ1v) is 9.36. The first-order chi connectivity index (χ1) is 11.5. The molecule has 130 valence electrons. The Morgan fingerprint density at radius 1 is 1.12 bits per heavy atom. The standard InChI is InChI=1S/C20H27FN2O/c1-13(2)23-16-7-8-17(23)12-22(10-9-16)20(24)19-11-18(19)14-3-5-15(21)6-4-14/h3-6,13,16-19H,7-12H2,1-2H3/t16-,17-,18+,19+/m0/s1. The second-order valence-corrected chi connectivity index (χ2v) is 8.00. The quantitative estimate of drug-likeness (QED) is 0.848. The number of hydrogen-bond acceptors (Lipinski definition) is 2. The minimum Gasteiger partial charge on any atom is -0.341 e. The summed E-state index contributed by atoms with van der Waals surface area (Å²) in [5.41, 5.74) is 1.11. The van der Waals surface area contributed by atoms with Crippen LogP contribution in [-0.4, -0.2) is 46.9 Å². The highest BCUT2D eigenvalue weighted by molar-refractivity contribution is 5.83. The van der Waals surface area contributed by atoms with E-state index in [0.717, 1.165) is 31.5 Å². The third-order valence-corrected chi connectivity index (χ3v) is 6.15. The molecule has 1 amide bonds. The fourth-order valence-corrected chi connectivity index (χ4v) is 4.93. The number of carbonyl (C=O) groups is 1. The van der Waals surface area contributed by atoms with Gasteiger partial charge in [0.1, 0.15) is 5.82 Å². The molecule has 1 aromatic carbocycles. The van der Waals surface area contributed by atoms with Crippen LogP contribution in [0.15, 0.2) is 24.3 Å². The SMILES string of the molecule is CC(C)N1[C@H]2CC[C@H]1CN(C(=O)[C@@H]1C[C@@H]1c1ccc(F)cc1)CC2. The number of benzene rings is 1. The summed E-state index contributed by atoms with van der Waals surface area (Å²) in [6.45, 7) is 6.33. The lowest BCUT2D eigenvalue weighted by Gasteiger charge is -2.32. The van der Waals surface area contributed by atoms with Crippen LogP contribution in [0.25, 0.3) is 0 Å². The highest BCUT2D eigenvalue weighted by atomic mass is 19.1. The maximum atomic E-state index is 13.1. The second kappa shape index (κ2) is 6.14. The number of likely N-dealkylation sites (tertiary alicyclic amines) is 1. The number of hydrogen-bond donors (Lipinski definition) is 0. The second-order valence-electron chi connectivity index (χ2n) is 8.00. The lowest BCUT2D eigenvalue weighted by molar-refractivity contribution is -0.133. The molecule has 2 aliphatic heterocycles. The number of fused-ring (bicyclic) bond motifs is 2. The molecule has 3 fully saturated rings. The summed E-state index contributed by atoms with van der Waals surface area (Å²) < 4.78 is 13.1. The Kier molecular flexibility index (Phi) is 4.11. The molecular formula is C20H27FN2O. The fourth-order valence-electron chi connectivity index (χ4n) is 4.93. The van der Waals surface area contributed by atoms with Gasteiger partial charge < -0.3 is 4.90 Å². The van der Waals surface area contributed by atoms with Crippen LogP contribution in [0, 0.1) is 11.7 Å². The van der Waals surface area contributed by atoms with Crippen LogP contribution < -0.4 is 0 Å². The predicted molar refractivity (Wildman–Crippen MR) is 92.2 cm³/mol. The summed E-state index contributed by atoms with van der Waals surface area (Å²) in [6, 6.07) is 8.41. The first-order valence-electron chi connectivity index (χ1n) is 9.36. The van der Waals surface area contributed by atoms with E-state index in [0.29, 0.717) is 30.0 Å². The smallest absolute Gasteiger partial charge is 0.226 e. The van der Waals surface area contributed by atoms with Crippen molar-refractivity contribution in [1.29, 1.82) is 0 Å². The van der Waals surface area contributed by atoms with Gasteiger partial charge in [0, 0.05) is 37.1 Å². The molecule has 2 bridgehead atoms. The molecular weight excluding hydrogens is 303 g/mol. The minimum absolute atomic E-state index is 0.111. The van der Waals surface area contributed by atoms with E-state index in [9.17, 15) is 9.18 Å². The molecule has 0 radical (unpaired) electrons. The number of carbonyl (C=O) groups excluding carboxylic acids is 1. The fraction of sp³-hybridized carbons (Fsp3) is 0.650. The summed E-state index contributed by atoms with van der Waals surface area (Å²) in [5, 5.41) is 0. The van der Waals surface area contributed by atoms with E-state index in [1.54, 1.807) is 0 Å². The molecule has 2 saturated heterocycles. The van der Waals surface area contributed by atoms with Crippen molar-refractivity contribution in [2.75, 3.05) is 13.1 Å². The molecule has 0 aromatic heterocycles. The number of nitrogens with zero attached hydrogens (tertiary/aromatic N) is 2. The third-order valence-electron chi connectivity index (χ3n) is 6.15. The van der Waals surface area contributed by atoms with Gasteiger partial charge in [0.05, 0.1) is 0 Å². The predicted octanol–water partition coefficient (Wildman–Crippen LogP) is 3.40. The molecule has 2 heterocycles. The molecule has 1 aliphatic carbocycles. The monoisotopic (exact) mass is 330 g/mol. The summed E-state index contributed by atoms with van der Waals surface area (Å²) in [5.74, 6) is 0.513. The first kappa shape index (κ1) is 16.1. The van der Waals surface area contributed by atoms with Crippen LogP contribution >= 0.6 is 0 Å². The van der Waals surface area contributed by atoms with Crippen molar-refractivity contribution in [1.82, 2.24) is 9.80 Å². The molecule has 4 atom stereocenters. The van der Waals surface area contributed by atoms with E-state index in [-0.39, 0.29) is 11.7 Å². The molecule has 0 N–H and O–H groups in total. The van der Waals surface area contributed by atoms with Gasteiger partial charge in [-0.25, -0.2) is 4.39 Å². The Labute approximate surface area is 143 Å². The maximum Gasteiger partial charge on any atom is 0.226 e. The molecule has 4 heteroatoms. The average Bonchev–Trinajstić information content (AvgIpc) is 3.26. The van der Waals surface area contributed by atoms with Gasteiger partial charge in [-0.2, -0.15) is 0 Å². The van der Waals surface area contributed by atoms with Gasteiger partial charge in [0.15, 0.2) is 0 Å². The number of amides is 1. The van der Waals surface area contributed by atoms with Crippen LogP contribution in [-0.2, 0) is 4.79 Å². The van der Waals surface area contributed by atoms with Gasteiger partial charge in [-0.15, -0.1) is 0 Å². The number of halogens is 1. The molecule has 1 aromatic rings. The van der Waals surface area contributed by atoms with Crippen LogP contribution in [0.2, 0.25) is 0 Å². The maximum absolute atomic E-state index is 13.1. The van der Waals surface area contributed by atoms with Gasteiger partial charge in [0.2, 0.25) is 5.91 Å². The van der Waals surface area contributed by atoms with Gasteiger partial charge in [0.25, 0.3) is 0 Å². The Bertz CT molecular complexity index is 615. The summed E-state index contributed by atoms with van der Waals surface area (Å²) in [6.07, 6.45) is 4.53. The topological polar surface area (TPSA) is 23.6 Å². The highest BCUT2D eigenvalue weighted by Crippen LogP contribution is 2.49. The van der Waals surface area contributed by atoms with E-state index in [1.165, 1.54) is 25.0 Å². The van der Waals surface area contributed by atoms with Crippen molar-refractivity contribution in [3.8, 4) is 0 Å². The van der Waals surface area contributed by atoms with Crippen LogP contribution in [0.5, 0.6) is 0 Å². The summed E-state index contributed by atoms with van der Waals surface area (Å²) in [4.78, 5) is 17.7. The van der Waals surface area contributed by atoms with Crippen LogP contribution in [0.3, 0.4) is 0 Å². The van der Waals surface area contributed by atoms with Gasteiger partial charge >= 0.3 is 0 Å². The zero-order chi connectivity index (χ0) is 16.8. The van der Waals surface area contributed by atoms with Crippen molar-refractivity contribution in [3.05, 3.63) is 35.6 Å². The highest BCUT2D eigenvalue weighted by Gasteiger charge is 2.47. The largest absolute Gasteiger partial charge is 0.341 e. The molecule has 0 unspecified atom stereocenters. The van der Waals surface area contributed by atoms with Crippen molar-refractivity contribution >= 4 is 5.91 Å². The van der Waals surface area contributed by atoms with Crippen molar-refractivity contribution in [3.63, 3.8) is 0 Å². The summed E-state index contributed by atoms with van der Waals surface area (Å²) >= 11 is 0.